The van der Waals surface area contributed by atoms with E-state index in [0.29, 0.717) is 31.7 Å². The normalized spacial score (nSPS) is 11.6. The van der Waals surface area contributed by atoms with E-state index in [4.69, 9.17) is 4.74 Å². The van der Waals surface area contributed by atoms with Crippen molar-refractivity contribution in [3.63, 3.8) is 0 Å². The van der Waals surface area contributed by atoms with Crippen molar-refractivity contribution in [1.29, 1.82) is 0 Å². The maximum atomic E-state index is 13.3. The number of aryl methyl sites for hydroxylation is 1. The minimum absolute atomic E-state index is 0.362. The molecule has 1 N–H and O–H groups in total. The Morgan fingerprint density at radius 2 is 1.51 bits per heavy atom. The van der Waals surface area contributed by atoms with Crippen molar-refractivity contribution in [2.45, 2.75) is 19.4 Å². The van der Waals surface area contributed by atoms with Gasteiger partial charge < -0.3 is 9.30 Å². The molecule has 0 aliphatic rings. The summed E-state index contributed by atoms with van der Waals surface area (Å²) in [5, 5.41) is 3.10. The Morgan fingerprint density at radius 1 is 0.838 bits per heavy atom. The summed E-state index contributed by atoms with van der Waals surface area (Å²) in [5.74, 6) is 0.194. The van der Waals surface area contributed by atoms with Crippen LogP contribution in [0.25, 0.3) is 21.7 Å². The van der Waals surface area contributed by atoms with Crippen LogP contribution in [-0.4, -0.2) is 31.8 Å². The number of hydrogen-bond acceptors (Lipinski definition) is 4. The first-order valence-corrected chi connectivity index (χ1v) is 14.1. The Bertz CT molecular complexity index is 1670. The van der Waals surface area contributed by atoms with Crippen molar-refractivity contribution in [2.24, 2.45) is 0 Å². The molecule has 0 spiro atoms. The SMILES string of the molecule is CS(=O)(=O)NC(=O)c1c(CCCOc2cccc3ccccc23)c2ccccc2n1Cc1ccccc1. The van der Waals surface area contributed by atoms with Crippen LogP contribution in [0.5, 0.6) is 5.75 Å². The molecular weight excluding hydrogens is 484 g/mol. The number of hydrogen-bond donors (Lipinski definition) is 1. The number of nitrogens with one attached hydrogen (secondary N) is 1. The second kappa shape index (κ2) is 10.5. The van der Waals surface area contributed by atoms with Gasteiger partial charge in [0.15, 0.2) is 0 Å². The van der Waals surface area contributed by atoms with Gasteiger partial charge in [-0.15, -0.1) is 0 Å². The molecule has 6 nitrogen and oxygen atoms in total. The smallest absolute Gasteiger partial charge is 0.281 e. The topological polar surface area (TPSA) is 77.4 Å². The fourth-order valence-electron chi connectivity index (χ4n) is 4.79. The lowest BCUT2D eigenvalue weighted by atomic mass is 10.1. The van der Waals surface area contributed by atoms with E-state index in [1.165, 1.54) is 0 Å². The van der Waals surface area contributed by atoms with Crippen molar-refractivity contribution in [3.05, 3.63) is 114 Å². The number of rotatable bonds is 9. The van der Waals surface area contributed by atoms with E-state index in [1.54, 1.807) is 0 Å². The molecular formula is C30H28N2O4S. The zero-order valence-corrected chi connectivity index (χ0v) is 21.4. The molecule has 7 heteroatoms. The van der Waals surface area contributed by atoms with Crippen LogP contribution in [0.15, 0.2) is 97.1 Å². The third-order valence-electron chi connectivity index (χ3n) is 6.33. The van der Waals surface area contributed by atoms with Crippen molar-refractivity contribution >= 4 is 37.6 Å². The second-order valence-electron chi connectivity index (χ2n) is 9.05. The average Bonchev–Trinajstić information content (AvgIpc) is 3.19. The molecule has 0 bridgehead atoms. The molecule has 188 valence electrons. The van der Waals surface area contributed by atoms with Crippen LogP contribution in [-0.2, 0) is 23.0 Å². The number of fused-ring (bicyclic) bond motifs is 2. The van der Waals surface area contributed by atoms with Gasteiger partial charge >= 0.3 is 0 Å². The van der Waals surface area contributed by atoms with E-state index in [-0.39, 0.29) is 0 Å². The van der Waals surface area contributed by atoms with Gasteiger partial charge in [-0.3, -0.25) is 4.79 Å². The van der Waals surface area contributed by atoms with Crippen LogP contribution in [0.4, 0.5) is 0 Å². The molecule has 0 fully saturated rings. The standard InChI is InChI=1S/C30H28N2O4S/c1-37(34,35)31-30(33)29-26(17-10-20-36-28-19-9-14-23-13-5-6-15-24(23)28)25-16-7-8-18-27(25)32(29)21-22-11-3-2-4-12-22/h2-9,11-16,18-19H,10,17,20-21H2,1H3,(H,31,33). The highest BCUT2D eigenvalue weighted by molar-refractivity contribution is 7.89. The van der Waals surface area contributed by atoms with Crippen molar-refractivity contribution in [3.8, 4) is 5.75 Å². The van der Waals surface area contributed by atoms with Gasteiger partial charge in [0, 0.05) is 22.8 Å². The lowest BCUT2D eigenvalue weighted by Crippen LogP contribution is -2.32. The van der Waals surface area contributed by atoms with Crippen LogP contribution in [0.3, 0.4) is 0 Å². The van der Waals surface area contributed by atoms with Gasteiger partial charge in [0.2, 0.25) is 10.0 Å². The average molecular weight is 513 g/mol. The summed E-state index contributed by atoms with van der Waals surface area (Å²) in [6, 6.07) is 31.7. The van der Waals surface area contributed by atoms with Crippen LogP contribution in [0.1, 0.15) is 28.0 Å². The lowest BCUT2D eigenvalue weighted by molar-refractivity contribution is 0.0972. The molecule has 0 saturated heterocycles. The predicted octanol–water partition coefficient (Wildman–Crippen LogP) is 5.54. The molecule has 0 radical (unpaired) electrons. The van der Waals surface area contributed by atoms with E-state index in [9.17, 15) is 13.2 Å². The largest absolute Gasteiger partial charge is 0.493 e. The van der Waals surface area contributed by atoms with Gasteiger partial charge in [0.25, 0.3) is 5.91 Å². The molecule has 0 saturated carbocycles. The summed E-state index contributed by atoms with van der Waals surface area (Å²) < 4.78 is 34.2. The van der Waals surface area contributed by atoms with Crippen LogP contribution < -0.4 is 9.46 Å². The molecule has 0 aliphatic heterocycles. The third-order valence-corrected chi connectivity index (χ3v) is 6.89. The summed E-state index contributed by atoms with van der Waals surface area (Å²) in [6.45, 7) is 0.902. The van der Waals surface area contributed by atoms with Crippen molar-refractivity contribution in [2.75, 3.05) is 12.9 Å². The first-order chi connectivity index (χ1) is 17.9. The lowest BCUT2D eigenvalue weighted by Gasteiger charge is -2.13. The van der Waals surface area contributed by atoms with Gasteiger partial charge in [-0.25, -0.2) is 13.1 Å². The zero-order valence-electron chi connectivity index (χ0n) is 20.6. The molecule has 1 aromatic heterocycles. The fourth-order valence-corrected chi connectivity index (χ4v) is 5.22. The number of carbonyl (C=O) groups excluding carboxylic acids is 1. The van der Waals surface area contributed by atoms with Crippen LogP contribution >= 0.6 is 0 Å². The third kappa shape index (κ3) is 5.52. The maximum Gasteiger partial charge on any atom is 0.281 e. The first-order valence-electron chi connectivity index (χ1n) is 12.2. The number of carbonyl (C=O) groups is 1. The summed E-state index contributed by atoms with van der Waals surface area (Å²) in [7, 11) is -3.73. The fraction of sp³-hybridized carbons (Fsp3) is 0.167. The summed E-state index contributed by atoms with van der Waals surface area (Å²) in [5.41, 5.74) is 3.08. The van der Waals surface area contributed by atoms with Crippen LogP contribution in [0.2, 0.25) is 0 Å². The van der Waals surface area contributed by atoms with Crippen LogP contribution in [0, 0.1) is 0 Å². The second-order valence-corrected chi connectivity index (χ2v) is 10.8. The molecule has 4 aromatic carbocycles. The molecule has 1 heterocycles. The number of para-hydroxylation sites is 1. The Balaban J connectivity index is 1.47. The number of aromatic nitrogens is 1. The number of nitrogens with zero attached hydrogens (tertiary/aromatic N) is 1. The highest BCUT2D eigenvalue weighted by Gasteiger charge is 2.24. The van der Waals surface area contributed by atoms with Gasteiger partial charge in [-0.2, -0.15) is 0 Å². The molecule has 0 aliphatic carbocycles. The van der Waals surface area contributed by atoms with E-state index >= 15 is 0 Å². The monoisotopic (exact) mass is 512 g/mol. The van der Waals surface area contributed by atoms with E-state index in [2.05, 4.69) is 16.9 Å². The maximum absolute atomic E-state index is 13.3. The highest BCUT2D eigenvalue weighted by Crippen LogP contribution is 2.30. The van der Waals surface area contributed by atoms with Gasteiger partial charge in [-0.05, 0) is 41.5 Å². The zero-order chi connectivity index (χ0) is 25.8. The Hall–Kier alpha value is -4.10. The molecule has 37 heavy (non-hydrogen) atoms. The van der Waals surface area contributed by atoms with Gasteiger partial charge in [0.1, 0.15) is 11.4 Å². The minimum atomic E-state index is -3.73. The summed E-state index contributed by atoms with van der Waals surface area (Å²) in [6.07, 6.45) is 2.20. The van der Waals surface area contributed by atoms with Gasteiger partial charge in [-0.1, -0.05) is 84.9 Å². The minimum Gasteiger partial charge on any atom is -0.493 e. The van der Waals surface area contributed by atoms with E-state index < -0.39 is 15.9 Å². The number of sulfonamides is 1. The molecule has 5 rings (SSSR count). The van der Waals surface area contributed by atoms with Crippen molar-refractivity contribution < 1.29 is 17.9 Å². The van der Waals surface area contributed by atoms with Crippen molar-refractivity contribution in [1.82, 2.24) is 9.29 Å². The predicted molar refractivity (Wildman–Crippen MR) is 148 cm³/mol. The molecule has 1 amide bonds. The molecule has 5 aromatic rings. The van der Waals surface area contributed by atoms with E-state index in [1.807, 2.05) is 89.5 Å². The number of benzene rings is 4. The quantitative estimate of drug-likeness (QED) is 0.263. The Morgan fingerprint density at radius 3 is 2.30 bits per heavy atom. The van der Waals surface area contributed by atoms with E-state index in [0.717, 1.165) is 44.8 Å². The summed E-state index contributed by atoms with van der Waals surface area (Å²) in [4.78, 5) is 13.3. The Kier molecular flexibility index (Phi) is 6.97. The van der Waals surface area contributed by atoms with Gasteiger partial charge in [0.05, 0.1) is 12.9 Å². The molecule has 0 atom stereocenters. The first kappa shape index (κ1) is 24.6. The summed E-state index contributed by atoms with van der Waals surface area (Å²) >= 11 is 0. The Labute approximate surface area is 216 Å². The molecule has 0 unspecified atom stereocenters. The number of ether oxygens (including phenoxy) is 1. The highest BCUT2D eigenvalue weighted by atomic mass is 32.2. The number of amides is 1.